The summed E-state index contributed by atoms with van der Waals surface area (Å²) in [7, 11) is 0. The predicted molar refractivity (Wildman–Crippen MR) is 135 cm³/mol. The molecule has 0 spiro atoms. The lowest BCUT2D eigenvalue weighted by molar-refractivity contribution is -0.123. The third kappa shape index (κ3) is 7.60. The highest BCUT2D eigenvalue weighted by atomic mass is 16.2. The smallest absolute Gasteiger partial charge is 0.252 e. The molecule has 2 N–H and O–H groups in total. The molecule has 1 aliphatic heterocycles. The fourth-order valence-electron chi connectivity index (χ4n) is 4.27. The van der Waals surface area contributed by atoms with Gasteiger partial charge in [-0.2, -0.15) is 0 Å². The average molecular weight is 451 g/mol. The Morgan fingerprint density at radius 1 is 0.939 bits per heavy atom. The number of nitrogens with one attached hydrogen (secondary N) is 2. The summed E-state index contributed by atoms with van der Waals surface area (Å²) in [5.41, 5.74) is 2.81. The second-order valence-electron chi connectivity index (χ2n) is 9.28. The zero-order valence-corrected chi connectivity index (χ0v) is 20.2. The fraction of sp³-hybridized carbons (Fsp3) is 0.481. The monoisotopic (exact) mass is 450 g/mol. The molecule has 178 valence electrons. The molecule has 0 bridgehead atoms. The SMILES string of the molecule is Cc1ccccc1C(=O)NC(CC(C)C)C(=O)NCCCN1CCN(c2ccccc2)CC1. The van der Waals surface area contributed by atoms with Crippen LogP contribution in [0.25, 0.3) is 0 Å². The van der Waals surface area contributed by atoms with E-state index >= 15 is 0 Å². The number of piperazine rings is 1. The van der Waals surface area contributed by atoms with Crippen molar-refractivity contribution in [3.8, 4) is 0 Å². The highest BCUT2D eigenvalue weighted by Crippen LogP contribution is 2.15. The van der Waals surface area contributed by atoms with Gasteiger partial charge in [-0.15, -0.1) is 0 Å². The third-order valence-electron chi connectivity index (χ3n) is 6.16. The van der Waals surface area contributed by atoms with E-state index in [9.17, 15) is 9.59 Å². The van der Waals surface area contributed by atoms with Crippen molar-refractivity contribution in [2.75, 3.05) is 44.2 Å². The molecular formula is C27H38N4O2. The number of benzene rings is 2. The van der Waals surface area contributed by atoms with Gasteiger partial charge in [0.05, 0.1) is 0 Å². The lowest BCUT2D eigenvalue weighted by Crippen LogP contribution is -2.49. The second-order valence-corrected chi connectivity index (χ2v) is 9.28. The van der Waals surface area contributed by atoms with E-state index in [4.69, 9.17) is 0 Å². The Balaban J connectivity index is 1.41. The molecule has 33 heavy (non-hydrogen) atoms. The molecule has 6 heteroatoms. The minimum atomic E-state index is -0.522. The topological polar surface area (TPSA) is 64.7 Å². The van der Waals surface area contributed by atoms with E-state index < -0.39 is 6.04 Å². The van der Waals surface area contributed by atoms with Crippen LogP contribution in [-0.2, 0) is 4.79 Å². The number of anilines is 1. The third-order valence-corrected chi connectivity index (χ3v) is 6.16. The van der Waals surface area contributed by atoms with Crippen LogP contribution >= 0.6 is 0 Å². The minimum absolute atomic E-state index is 0.0977. The number of carbonyl (C=O) groups excluding carboxylic acids is 2. The van der Waals surface area contributed by atoms with E-state index in [1.807, 2.05) is 31.2 Å². The van der Waals surface area contributed by atoms with Gasteiger partial charge in [-0.25, -0.2) is 0 Å². The molecular weight excluding hydrogens is 412 g/mol. The number of amides is 2. The van der Waals surface area contributed by atoms with E-state index in [-0.39, 0.29) is 11.8 Å². The van der Waals surface area contributed by atoms with Crippen molar-refractivity contribution in [1.29, 1.82) is 0 Å². The first kappa shape index (κ1) is 24.8. The molecule has 1 atom stereocenters. The van der Waals surface area contributed by atoms with Gasteiger partial charge in [-0.3, -0.25) is 14.5 Å². The van der Waals surface area contributed by atoms with Gasteiger partial charge in [-0.1, -0.05) is 50.2 Å². The van der Waals surface area contributed by atoms with Gasteiger partial charge in [0, 0.05) is 44.0 Å². The lowest BCUT2D eigenvalue weighted by atomic mass is 10.0. The molecule has 3 rings (SSSR count). The standard InChI is InChI=1S/C27H38N4O2/c1-21(2)20-25(29-26(32)24-13-8-7-10-22(24)3)27(33)28-14-9-15-30-16-18-31(19-17-30)23-11-5-4-6-12-23/h4-8,10-13,21,25H,9,14-20H2,1-3H3,(H,28,33)(H,29,32). The Kier molecular flexibility index (Phi) is 9.31. The van der Waals surface area contributed by atoms with E-state index in [0.717, 1.165) is 44.7 Å². The molecule has 0 saturated carbocycles. The van der Waals surface area contributed by atoms with E-state index in [0.29, 0.717) is 24.4 Å². The number of nitrogens with zero attached hydrogens (tertiary/aromatic N) is 2. The van der Waals surface area contributed by atoms with E-state index in [2.05, 4.69) is 58.5 Å². The van der Waals surface area contributed by atoms with Gasteiger partial charge < -0.3 is 15.5 Å². The van der Waals surface area contributed by atoms with Crippen LogP contribution in [0.15, 0.2) is 54.6 Å². The summed E-state index contributed by atoms with van der Waals surface area (Å²) in [6.45, 7) is 11.7. The maximum Gasteiger partial charge on any atom is 0.252 e. The molecule has 0 radical (unpaired) electrons. The quantitative estimate of drug-likeness (QED) is 0.544. The number of para-hydroxylation sites is 1. The maximum absolute atomic E-state index is 12.8. The van der Waals surface area contributed by atoms with Gasteiger partial charge in [0.15, 0.2) is 0 Å². The second kappa shape index (κ2) is 12.4. The number of rotatable bonds is 10. The van der Waals surface area contributed by atoms with Crippen molar-refractivity contribution in [3.63, 3.8) is 0 Å². The van der Waals surface area contributed by atoms with E-state index in [1.165, 1.54) is 5.69 Å². The van der Waals surface area contributed by atoms with Gasteiger partial charge in [0.1, 0.15) is 6.04 Å². The Morgan fingerprint density at radius 3 is 2.27 bits per heavy atom. The molecule has 1 aliphatic rings. The van der Waals surface area contributed by atoms with Crippen molar-refractivity contribution in [1.82, 2.24) is 15.5 Å². The van der Waals surface area contributed by atoms with Crippen LogP contribution in [0.4, 0.5) is 5.69 Å². The maximum atomic E-state index is 12.8. The van der Waals surface area contributed by atoms with Crippen LogP contribution in [-0.4, -0.2) is 62.0 Å². The van der Waals surface area contributed by atoms with Gasteiger partial charge in [0.25, 0.3) is 5.91 Å². The molecule has 1 heterocycles. The van der Waals surface area contributed by atoms with Crippen LogP contribution in [0.3, 0.4) is 0 Å². The minimum Gasteiger partial charge on any atom is -0.369 e. The van der Waals surface area contributed by atoms with Crippen LogP contribution in [0.5, 0.6) is 0 Å². The summed E-state index contributed by atoms with van der Waals surface area (Å²) in [6, 6.07) is 17.5. The summed E-state index contributed by atoms with van der Waals surface area (Å²) in [4.78, 5) is 30.4. The van der Waals surface area contributed by atoms with Crippen molar-refractivity contribution >= 4 is 17.5 Å². The summed E-state index contributed by atoms with van der Waals surface area (Å²) >= 11 is 0. The first-order valence-corrected chi connectivity index (χ1v) is 12.1. The number of carbonyl (C=O) groups is 2. The Bertz CT molecular complexity index is 892. The summed E-state index contributed by atoms with van der Waals surface area (Å²) in [5.74, 6) is 0.0172. The van der Waals surface area contributed by atoms with Crippen molar-refractivity contribution in [2.45, 2.75) is 39.7 Å². The van der Waals surface area contributed by atoms with Gasteiger partial charge in [0.2, 0.25) is 5.91 Å². The number of hydrogen-bond acceptors (Lipinski definition) is 4. The predicted octanol–water partition coefficient (Wildman–Crippen LogP) is 3.47. The molecule has 1 saturated heterocycles. The first-order chi connectivity index (χ1) is 15.9. The van der Waals surface area contributed by atoms with Crippen molar-refractivity contribution in [3.05, 3.63) is 65.7 Å². The van der Waals surface area contributed by atoms with Crippen LogP contribution in [0.2, 0.25) is 0 Å². The lowest BCUT2D eigenvalue weighted by Gasteiger charge is -2.36. The molecule has 2 amide bonds. The van der Waals surface area contributed by atoms with E-state index in [1.54, 1.807) is 6.07 Å². The summed E-state index contributed by atoms with van der Waals surface area (Å²) in [5, 5.41) is 5.99. The normalized spacial score (nSPS) is 15.3. The highest BCUT2D eigenvalue weighted by molar-refractivity contribution is 5.98. The average Bonchev–Trinajstić information content (AvgIpc) is 2.82. The molecule has 1 fully saturated rings. The number of hydrogen-bond donors (Lipinski definition) is 2. The Morgan fingerprint density at radius 2 is 1.61 bits per heavy atom. The molecule has 2 aromatic carbocycles. The fourth-order valence-corrected chi connectivity index (χ4v) is 4.27. The van der Waals surface area contributed by atoms with Gasteiger partial charge in [-0.05, 0) is 56.0 Å². The molecule has 2 aromatic rings. The Hall–Kier alpha value is -2.86. The summed E-state index contributed by atoms with van der Waals surface area (Å²) in [6.07, 6.45) is 1.52. The van der Waals surface area contributed by atoms with Crippen LogP contribution in [0, 0.1) is 12.8 Å². The number of aryl methyl sites for hydroxylation is 1. The zero-order valence-electron chi connectivity index (χ0n) is 20.2. The molecule has 0 aliphatic carbocycles. The zero-order chi connectivity index (χ0) is 23.6. The van der Waals surface area contributed by atoms with Crippen LogP contribution in [0.1, 0.15) is 42.6 Å². The molecule has 1 unspecified atom stereocenters. The van der Waals surface area contributed by atoms with Crippen molar-refractivity contribution in [2.24, 2.45) is 5.92 Å². The Labute approximate surface area is 198 Å². The summed E-state index contributed by atoms with van der Waals surface area (Å²) < 4.78 is 0. The first-order valence-electron chi connectivity index (χ1n) is 12.1. The van der Waals surface area contributed by atoms with Crippen molar-refractivity contribution < 1.29 is 9.59 Å². The largest absolute Gasteiger partial charge is 0.369 e. The highest BCUT2D eigenvalue weighted by Gasteiger charge is 2.23. The molecule has 0 aromatic heterocycles. The van der Waals surface area contributed by atoms with Crippen LogP contribution < -0.4 is 15.5 Å². The van der Waals surface area contributed by atoms with Gasteiger partial charge >= 0.3 is 0 Å². The molecule has 6 nitrogen and oxygen atoms in total.